The highest BCUT2D eigenvalue weighted by Gasteiger charge is 2.29. The van der Waals surface area contributed by atoms with Crippen LogP contribution in [0.1, 0.15) is 29.8 Å². The maximum absolute atomic E-state index is 11.4. The lowest BCUT2D eigenvalue weighted by atomic mass is 10.1. The lowest BCUT2D eigenvalue weighted by Crippen LogP contribution is -2.35. The SMILES string of the molecule is CNC(=O)c1ccc(N2CCC3CCC(C2)N3)nn1. The Balaban J connectivity index is 1.73. The Labute approximate surface area is 112 Å². The van der Waals surface area contributed by atoms with Gasteiger partial charge in [-0.1, -0.05) is 0 Å². The molecule has 2 bridgehead atoms. The van der Waals surface area contributed by atoms with E-state index in [0.717, 1.165) is 25.3 Å². The van der Waals surface area contributed by atoms with E-state index in [1.54, 1.807) is 13.1 Å². The summed E-state index contributed by atoms with van der Waals surface area (Å²) in [6.07, 6.45) is 3.68. The molecule has 1 aromatic rings. The van der Waals surface area contributed by atoms with E-state index >= 15 is 0 Å². The Hall–Kier alpha value is -1.69. The molecule has 0 radical (unpaired) electrons. The maximum atomic E-state index is 11.4. The second kappa shape index (κ2) is 5.13. The summed E-state index contributed by atoms with van der Waals surface area (Å²) in [4.78, 5) is 13.7. The van der Waals surface area contributed by atoms with E-state index < -0.39 is 0 Å². The van der Waals surface area contributed by atoms with Crippen molar-refractivity contribution in [3.05, 3.63) is 17.8 Å². The van der Waals surface area contributed by atoms with Gasteiger partial charge in [-0.3, -0.25) is 4.79 Å². The molecule has 102 valence electrons. The molecule has 0 aliphatic carbocycles. The van der Waals surface area contributed by atoms with E-state index in [2.05, 4.69) is 25.7 Å². The number of hydrogen-bond acceptors (Lipinski definition) is 5. The van der Waals surface area contributed by atoms with Crippen LogP contribution in [-0.4, -0.2) is 48.3 Å². The lowest BCUT2D eigenvalue weighted by molar-refractivity contribution is 0.0957. The first-order chi connectivity index (χ1) is 9.26. The molecule has 19 heavy (non-hydrogen) atoms. The molecule has 1 amide bonds. The van der Waals surface area contributed by atoms with E-state index in [1.807, 2.05) is 6.07 Å². The minimum absolute atomic E-state index is 0.198. The molecule has 3 heterocycles. The van der Waals surface area contributed by atoms with Gasteiger partial charge < -0.3 is 15.5 Å². The Morgan fingerprint density at radius 2 is 2.16 bits per heavy atom. The quantitative estimate of drug-likeness (QED) is 0.794. The fourth-order valence-electron chi connectivity index (χ4n) is 2.89. The first-order valence-corrected chi connectivity index (χ1v) is 6.83. The molecule has 3 rings (SSSR count). The Morgan fingerprint density at radius 3 is 2.89 bits per heavy atom. The fraction of sp³-hybridized carbons (Fsp3) is 0.615. The third kappa shape index (κ3) is 2.53. The Bertz CT molecular complexity index is 461. The fourth-order valence-corrected chi connectivity index (χ4v) is 2.89. The summed E-state index contributed by atoms with van der Waals surface area (Å²) >= 11 is 0. The summed E-state index contributed by atoms with van der Waals surface area (Å²) in [6.45, 7) is 1.98. The molecule has 0 aromatic carbocycles. The van der Waals surface area contributed by atoms with E-state index in [4.69, 9.17) is 0 Å². The molecule has 1 aromatic heterocycles. The van der Waals surface area contributed by atoms with Crippen LogP contribution in [-0.2, 0) is 0 Å². The van der Waals surface area contributed by atoms with Crippen molar-refractivity contribution >= 4 is 11.7 Å². The molecule has 2 fully saturated rings. The van der Waals surface area contributed by atoms with Crippen molar-refractivity contribution in [1.29, 1.82) is 0 Å². The summed E-state index contributed by atoms with van der Waals surface area (Å²) in [5.74, 6) is 0.664. The lowest BCUT2D eigenvalue weighted by Gasteiger charge is -2.24. The van der Waals surface area contributed by atoms with Gasteiger partial charge in [-0.25, -0.2) is 0 Å². The average molecular weight is 261 g/mol. The molecule has 2 atom stereocenters. The van der Waals surface area contributed by atoms with Crippen molar-refractivity contribution in [2.45, 2.75) is 31.3 Å². The summed E-state index contributed by atoms with van der Waals surface area (Å²) in [5, 5.41) is 14.4. The van der Waals surface area contributed by atoms with Crippen LogP contribution in [0.3, 0.4) is 0 Å². The van der Waals surface area contributed by atoms with Crippen molar-refractivity contribution in [3.8, 4) is 0 Å². The number of hydrogen-bond donors (Lipinski definition) is 2. The van der Waals surface area contributed by atoms with Crippen LogP contribution in [0.4, 0.5) is 5.82 Å². The van der Waals surface area contributed by atoms with Crippen LogP contribution in [0, 0.1) is 0 Å². The van der Waals surface area contributed by atoms with Crippen molar-refractivity contribution in [3.63, 3.8) is 0 Å². The molecule has 2 aliphatic rings. The van der Waals surface area contributed by atoms with Crippen LogP contribution < -0.4 is 15.5 Å². The minimum Gasteiger partial charge on any atom is -0.354 e. The van der Waals surface area contributed by atoms with Gasteiger partial charge in [0.1, 0.15) is 0 Å². The van der Waals surface area contributed by atoms with E-state index in [0.29, 0.717) is 17.8 Å². The number of fused-ring (bicyclic) bond motifs is 2. The highest BCUT2D eigenvalue weighted by Crippen LogP contribution is 2.23. The third-order valence-electron chi connectivity index (χ3n) is 3.96. The molecule has 0 spiro atoms. The molecule has 2 unspecified atom stereocenters. The van der Waals surface area contributed by atoms with Crippen molar-refractivity contribution in [2.24, 2.45) is 0 Å². The Morgan fingerprint density at radius 1 is 1.32 bits per heavy atom. The van der Waals surface area contributed by atoms with Gasteiger partial charge in [-0.15, -0.1) is 10.2 Å². The molecule has 6 heteroatoms. The zero-order valence-corrected chi connectivity index (χ0v) is 11.1. The van der Waals surface area contributed by atoms with Gasteiger partial charge >= 0.3 is 0 Å². The molecule has 2 N–H and O–H groups in total. The summed E-state index contributed by atoms with van der Waals surface area (Å²) in [5.41, 5.74) is 0.362. The topological polar surface area (TPSA) is 70.2 Å². The minimum atomic E-state index is -0.198. The Kier molecular flexibility index (Phi) is 3.33. The standard InChI is InChI=1S/C13H19N5O/c1-14-13(19)11-4-5-12(17-16-11)18-7-6-9-2-3-10(8-18)15-9/h4-5,9-10,15H,2-3,6-8H2,1H3,(H,14,19). The van der Waals surface area contributed by atoms with Gasteiger partial charge in [-0.05, 0) is 31.4 Å². The molecular formula is C13H19N5O. The van der Waals surface area contributed by atoms with Gasteiger partial charge in [0.15, 0.2) is 11.5 Å². The molecule has 0 saturated carbocycles. The zero-order valence-electron chi connectivity index (χ0n) is 11.1. The largest absolute Gasteiger partial charge is 0.354 e. The van der Waals surface area contributed by atoms with E-state index in [9.17, 15) is 4.79 Å². The average Bonchev–Trinajstić information content (AvgIpc) is 2.78. The highest BCUT2D eigenvalue weighted by molar-refractivity contribution is 5.91. The van der Waals surface area contributed by atoms with Gasteiger partial charge in [0.2, 0.25) is 0 Å². The molecule has 2 aliphatic heterocycles. The number of amides is 1. The smallest absolute Gasteiger partial charge is 0.271 e. The first-order valence-electron chi connectivity index (χ1n) is 6.83. The number of anilines is 1. The van der Waals surface area contributed by atoms with Gasteiger partial charge in [0.05, 0.1) is 0 Å². The number of aromatic nitrogens is 2. The van der Waals surface area contributed by atoms with E-state index in [-0.39, 0.29) is 5.91 Å². The predicted octanol–water partition coefficient (Wildman–Crippen LogP) is 0.167. The van der Waals surface area contributed by atoms with E-state index in [1.165, 1.54) is 12.8 Å². The number of rotatable bonds is 2. The summed E-state index contributed by atoms with van der Waals surface area (Å²) in [6, 6.07) is 4.84. The number of nitrogens with zero attached hydrogens (tertiary/aromatic N) is 3. The summed E-state index contributed by atoms with van der Waals surface area (Å²) in [7, 11) is 1.59. The van der Waals surface area contributed by atoms with Gasteiger partial charge in [-0.2, -0.15) is 0 Å². The van der Waals surface area contributed by atoms with Gasteiger partial charge in [0.25, 0.3) is 5.91 Å². The molecule has 6 nitrogen and oxygen atoms in total. The predicted molar refractivity (Wildman–Crippen MR) is 72.2 cm³/mol. The van der Waals surface area contributed by atoms with Crippen molar-refractivity contribution in [2.75, 3.05) is 25.0 Å². The first kappa shape index (κ1) is 12.3. The number of nitrogens with one attached hydrogen (secondary N) is 2. The van der Waals surface area contributed by atoms with Crippen molar-refractivity contribution in [1.82, 2.24) is 20.8 Å². The number of carbonyl (C=O) groups excluding carboxylic acids is 1. The van der Waals surface area contributed by atoms with Crippen LogP contribution in [0.5, 0.6) is 0 Å². The van der Waals surface area contributed by atoms with Crippen LogP contribution in [0.15, 0.2) is 12.1 Å². The summed E-state index contributed by atoms with van der Waals surface area (Å²) < 4.78 is 0. The third-order valence-corrected chi connectivity index (χ3v) is 3.96. The number of carbonyl (C=O) groups is 1. The van der Waals surface area contributed by atoms with Gasteiger partial charge in [0, 0.05) is 32.2 Å². The molecular weight excluding hydrogens is 242 g/mol. The second-order valence-electron chi connectivity index (χ2n) is 5.23. The van der Waals surface area contributed by atoms with Crippen LogP contribution in [0.25, 0.3) is 0 Å². The normalized spacial score (nSPS) is 26.1. The zero-order chi connectivity index (χ0) is 13.2. The monoisotopic (exact) mass is 261 g/mol. The van der Waals surface area contributed by atoms with Crippen molar-refractivity contribution < 1.29 is 4.79 Å². The van der Waals surface area contributed by atoms with Crippen LogP contribution >= 0.6 is 0 Å². The highest BCUT2D eigenvalue weighted by atomic mass is 16.1. The second-order valence-corrected chi connectivity index (χ2v) is 5.23. The van der Waals surface area contributed by atoms with Crippen LogP contribution in [0.2, 0.25) is 0 Å². The molecule has 2 saturated heterocycles. The maximum Gasteiger partial charge on any atom is 0.271 e.